The largest absolute Gasteiger partial charge is 0.386 e. The van der Waals surface area contributed by atoms with Crippen molar-refractivity contribution in [2.75, 3.05) is 0 Å². The van der Waals surface area contributed by atoms with Crippen LogP contribution in [0.25, 0.3) is 0 Å². The number of rotatable bonds is 17. The molecule has 0 aromatic carbocycles. The molecular formula is C18H34NO4. The van der Waals surface area contributed by atoms with Gasteiger partial charge in [0.05, 0.1) is 0 Å². The van der Waals surface area contributed by atoms with Crippen LogP contribution in [0.2, 0.25) is 0 Å². The minimum absolute atomic E-state index is 0.341. The first kappa shape index (κ1) is 22.0. The van der Waals surface area contributed by atoms with Crippen LogP contribution in [0.4, 0.5) is 0 Å². The summed E-state index contributed by atoms with van der Waals surface area (Å²) < 4.78 is 0. The maximum absolute atomic E-state index is 11.1. The van der Waals surface area contributed by atoms with Gasteiger partial charge in [-0.05, 0) is 19.3 Å². The maximum Gasteiger partial charge on any atom is 0.238 e. The Morgan fingerprint density at radius 3 is 1.96 bits per heavy atom. The van der Waals surface area contributed by atoms with Crippen LogP contribution in [0.1, 0.15) is 96.8 Å². The lowest BCUT2D eigenvalue weighted by Gasteiger charge is -2.15. The molecule has 2 atom stereocenters. The zero-order valence-corrected chi connectivity index (χ0v) is 14.7. The second-order valence-electron chi connectivity index (χ2n) is 6.43. The lowest BCUT2D eigenvalue weighted by molar-refractivity contribution is -0.535. The fraction of sp³-hybridized carbons (Fsp3) is 0.944. The van der Waals surface area contributed by atoms with Crippen molar-refractivity contribution < 1.29 is 14.8 Å². The molecule has 23 heavy (non-hydrogen) atoms. The van der Waals surface area contributed by atoms with Crippen molar-refractivity contribution in [3.8, 4) is 0 Å². The monoisotopic (exact) mass is 328 g/mol. The van der Waals surface area contributed by atoms with Crippen molar-refractivity contribution in [3.05, 3.63) is 10.1 Å². The summed E-state index contributed by atoms with van der Waals surface area (Å²) in [6.07, 6.45) is 13.9. The van der Waals surface area contributed by atoms with Crippen LogP contribution in [-0.4, -0.2) is 28.5 Å². The number of aliphatic hydroxyl groups excluding tert-OH is 1. The topological polar surface area (TPSA) is 80.4 Å². The van der Waals surface area contributed by atoms with Gasteiger partial charge in [0.2, 0.25) is 6.04 Å². The van der Waals surface area contributed by atoms with E-state index in [1.807, 2.05) is 0 Å². The van der Waals surface area contributed by atoms with Gasteiger partial charge in [0.1, 0.15) is 6.10 Å². The van der Waals surface area contributed by atoms with Crippen LogP contribution < -0.4 is 0 Å². The molecule has 0 bridgehead atoms. The summed E-state index contributed by atoms with van der Waals surface area (Å²) >= 11 is 0. The fourth-order valence-electron chi connectivity index (χ4n) is 2.85. The summed E-state index contributed by atoms with van der Waals surface area (Å²) in [5.74, 6) is 0. The Labute approximate surface area is 141 Å². The van der Waals surface area contributed by atoms with Crippen LogP contribution in [0.3, 0.4) is 0 Å². The van der Waals surface area contributed by atoms with E-state index in [1.54, 1.807) is 6.29 Å². The smallest absolute Gasteiger partial charge is 0.238 e. The van der Waals surface area contributed by atoms with E-state index in [2.05, 4.69) is 6.92 Å². The number of hydrogen-bond donors (Lipinski definition) is 1. The third-order valence-electron chi connectivity index (χ3n) is 4.35. The molecule has 0 aromatic rings. The molecule has 0 aliphatic carbocycles. The highest BCUT2D eigenvalue weighted by atomic mass is 16.6. The van der Waals surface area contributed by atoms with Crippen molar-refractivity contribution in [1.29, 1.82) is 0 Å². The van der Waals surface area contributed by atoms with Gasteiger partial charge in [-0.1, -0.05) is 64.7 Å². The molecule has 5 nitrogen and oxygen atoms in total. The molecule has 0 aliphatic rings. The number of nitrogens with zero attached hydrogens (tertiary/aromatic N) is 1. The summed E-state index contributed by atoms with van der Waals surface area (Å²) in [6.45, 7) is 2.21. The summed E-state index contributed by atoms with van der Waals surface area (Å²) in [7, 11) is 0. The molecule has 0 aromatic heterocycles. The zero-order valence-electron chi connectivity index (χ0n) is 14.7. The van der Waals surface area contributed by atoms with Crippen LogP contribution >= 0.6 is 0 Å². The number of unbranched alkanes of at least 4 members (excludes halogenated alkanes) is 10. The van der Waals surface area contributed by atoms with Gasteiger partial charge >= 0.3 is 0 Å². The second-order valence-corrected chi connectivity index (χ2v) is 6.43. The third-order valence-corrected chi connectivity index (χ3v) is 4.35. The highest BCUT2D eigenvalue weighted by molar-refractivity contribution is 5.50. The van der Waals surface area contributed by atoms with Gasteiger partial charge < -0.3 is 5.11 Å². The zero-order chi connectivity index (χ0) is 17.3. The van der Waals surface area contributed by atoms with Crippen molar-refractivity contribution in [3.63, 3.8) is 0 Å². The van der Waals surface area contributed by atoms with Crippen molar-refractivity contribution in [2.24, 2.45) is 0 Å². The van der Waals surface area contributed by atoms with Gasteiger partial charge in [-0.25, -0.2) is 0 Å². The number of aliphatic hydroxyl groups is 1. The molecule has 0 spiro atoms. The molecule has 0 fully saturated rings. The predicted molar refractivity (Wildman–Crippen MR) is 92.8 cm³/mol. The second kappa shape index (κ2) is 15.9. The lowest BCUT2D eigenvalue weighted by Crippen LogP contribution is -2.33. The molecule has 0 aliphatic heterocycles. The Bertz CT molecular complexity index is 297. The molecule has 0 rings (SSSR count). The Morgan fingerprint density at radius 1 is 0.913 bits per heavy atom. The van der Waals surface area contributed by atoms with E-state index in [-0.39, 0.29) is 4.92 Å². The van der Waals surface area contributed by atoms with Gasteiger partial charge in [-0.3, -0.25) is 14.9 Å². The molecule has 0 saturated carbocycles. The summed E-state index contributed by atoms with van der Waals surface area (Å²) in [5, 5.41) is 21.0. The fourth-order valence-corrected chi connectivity index (χ4v) is 2.85. The predicted octanol–water partition coefficient (Wildman–Crippen LogP) is 4.58. The van der Waals surface area contributed by atoms with Crippen molar-refractivity contribution in [2.45, 2.75) is 109 Å². The SMILES string of the molecule is CCCCCCCCCCCC(C(O)CCCC[C]=O)[N+](=O)[O-]. The molecule has 0 heterocycles. The molecular weight excluding hydrogens is 294 g/mol. The summed E-state index contributed by atoms with van der Waals surface area (Å²) in [5.41, 5.74) is 0. The molecule has 135 valence electrons. The first-order valence-corrected chi connectivity index (χ1v) is 9.30. The van der Waals surface area contributed by atoms with Gasteiger partial charge in [0, 0.05) is 17.8 Å². The van der Waals surface area contributed by atoms with Gasteiger partial charge in [0.15, 0.2) is 6.29 Å². The van der Waals surface area contributed by atoms with Crippen LogP contribution in [0.15, 0.2) is 0 Å². The normalized spacial score (nSPS) is 13.7. The molecule has 0 saturated heterocycles. The van der Waals surface area contributed by atoms with Gasteiger partial charge in [-0.2, -0.15) is 0 Å². The van der Waals surface area contributed by atoms with Crippen molar-refractivity contribution in [1.82, 2.24) is 0 Å². The Balaban J connectivity index is 3.71. The standard InChI is InChI=1S/C18H34NO4/c1-2-3-4-5-6-7-8-9-11-14-17(19(22)23)18(21)15-12-10-13-16-20/h17-18,21H,2-15H2,1H3. The van der Waals surface area contributed by atoms with E-state index in [9.17, 15) is 20.0 Å². The maximum atomic E-state index is 11.1. The summed E-state index contributed by atoms with van der Waals surface area (Å²) in [4.78, 5) is 20.8. The van der Waals surface area contributed by atoms with E-state index < -0.39 is 12.1 Å². The molecule has 1 radical (unpaired) electrons. The Hall–Kier alpha value is -0.970. The highest BCUT2D eigenvalue weighted by Crippen LogP contribution is 2.16. The van der Waals surface area contributed by atoms with Crippen LogP contribution in [-0.2, 0) is 4.79 Å². The first-order chi connectivity index (χ1) is 11.1. The van der Waals surface area contributed by atoms with Gasteiger partial charge in [0.25, 0.3) is 0 Å². The molecule has 0 amide bonds. The lowest BCUT2D eigenvalue weighted by atomic mass is 9.98. The minimum Gasteiger partial charge on any atom is -0.386 e. The highest BCUT2D eigenvalue weighted by Gasteiger charge is 2.28. The third kappa shape index (κ3) is 13.2. The number of nitro groups is 1. The van der Waals surface area contributed by atoms with E-state index in [0.717, 1.165) is 19.3 Å². The van der Waals surface area contributed by atoms with E-state index in [4.69, 9.17) is 0 Å². The molecule has 5 heteroatoms. The number of hydrogen-bond acceptors (Lipinski definition) is 4. The summed E-state index contributed by atoms with van der Waals surface area (Å²) in [6, 6.07) is -0.861. The molecule has 2 unspecified atom stereocenters. The van der Waals surface area contributed by atoms with Crippen molar-refractivity contribution >= 4 is 6.29 Å². The average molecular weight is 328 g/mol. The van der Waals surface area contributed by atoms with Crippen LogP contribution in [0, 0.1) is 10.1 Å². The minimum atomic E-state index is -0.898. The average Bonchev–Trinajstić information content (AvgIpc) is 2.53. The van der Waals surface area contributed by atoms with Crippen LogP contribution in [0.5, 0.6) is 0 Å². The molecule has 1 N–H and O–H groups in total. The van der Waals surface area contributed by atoms with Gasteiger partial charge in [-0.15, -0.1) is 0 Å². The quantitative estimate of drug-likeness (QED) is 0.241. The van der Waals surface area contributed by atoms with E-state index >= 15 is 0 Å². The Morgan fingerprint density at radius 2 is 1.43 bits per heavy atom. The van der Waals surface area contributed by atoms with E-state index in [0.29, 0.717) is 32.1 Å². The first-order valence-electron chi connectivity index (χ1n) is 9.30. The van der Waals surface area contributed by atoms with E-state index in [1.165, 1.54) is 38.5 Å². The Kier molecular flexibility index (Phi) is 15.2. The number of carbonyl (C=O) groups excluding carboxylic acids is 1.